The highest BCUT2D eigenvalue weighted by Gasteiger charge is 2.20. The number of ether oxygens (including phenoxy) is 2. The number of methoxy groups -OCH3 is 2. The molecule has 1 N–H and O–H groups in total. The van der Waals surface area contributed by atoms with Crippen LogP contribution >= 0.6 is 11.3 Å². The molecule has 1 aromatic heterocycles. The molecule has 0 saturated heterocycles. The first-order valence-electron chi connectivity index (χ1n) is 6.63. The summed E-state index contributed by atoms with van der Waals surface area (Å²) in [7, 11) is 3.35. The molecule has 0 radical (unpaired) electrons. The second-order valence-corrected chi connectivity index (χ2v) is 5.13. The lowest BCUT2D eigenvalue weighted by molar-refractivity contribution is 0.393. The van der Waals surface area contributed by atoms with Crippen LogP contribution in [-0.2, 0) is 0 Å². The highest BCUT2D eigenvalue weighted by Crippen LogP contribution is 2.33. The molecule has 0 aliphatic rings. The van der Waals surface area contributed by atoms with Gasteiger partial charge in [0, 0.05) is 10.9 Å². The van der Waals surface area contributed by atoms with Crippen molar-refractivity contribution in [3.63, 3.8) is 0 Å². The number of hydrogen-bond acceptors (Lipinski definition) is 5. The van der Waals surface area contributed by atoms with Crippen LogP contribution in [0.25, 0.3) is 0 Å². The third-order valence-electron chi connectivity index (χ3n) is 3.09. The van der Waals surface area contributed by atoms with E-state index in [4.69, 9.17) is 9.47 Å². The Morgan fingerprint density at radius 3 is 2.75 bits per heavy atom. The van der Waals surface area contributed by atoms with Crippen molar-refractivity contribution in [1.82, 2.24) is 10.3 Å². The number of thiazole rings is 1. The fraction of sp³-hybridized carbons (Fsp3) is 0.400. The maximum absolute atomic E-state index is 5.48. The molecular weight excluding hydrogens is 272 g/mol. The lowest BCUT2D eigenvalue weighted by atomic mass is 10.0. The summed E-state index contributed by atoms with van der Waals surface area (Å²) in [5.41, 5.74) is 3.91. The van der Waals surface area contributed by atoms with Gasteiger partial charge in [0.1, 0.15) is 11.5 Å². The Hall–Kier alpha value is -1.59. The predicted octanol–water partition coefficient (Wildman–Crippen LogP) is 3.25. The second-order valence-electron chi connectivity index (χ2n) is 4.41. The molecule has 0 bridgehead atoms. The predicted molar refractivity (Wildman–Crippen MR) is 81.8 cm³/mol. The first-order chi connectivity index (χ1) is 9.80. The van der Waals surface area contributed by atoms with Crippen LogP contribution in [-0.4, -0.2) is 25.7 Å². The fourth-order valence-corrected chi connectivity index (χ4v) is 2.67. The molecule has 2 rings (SSSR count). The number of aromatic nitrogens is 1. The van der Waals surface area contributed by atoms with Gasteiger partial charge in [0.05, 0.1) is 31.5 Å². The highest BCUT2D eigenvalue weighted by molar-refractivity contribution is 7.07. The van der Waals surface area contributed by atoms with Gasteiger partial charge in [-0.05, 0) is 31.2 Å². The molecule has 1 heterocycles. The number of rotatable bonds is 7. The molecule has 4 nitrogen and oxygen atoms in total. The van der Waals surface area contributed by atoms with Crippen molar-refractivity contribution in [2.24, 2.45) is 0 Å². The molecular formula is C15H20N2O2S. The van der Waals surface area contributed by atoms with Crippen molar-refractivity contribution in [2.45, 2.75) is 19.4 Å². The summed E-state index contributed by atoms with van der Waals surface area (Å²) in [5.74, 6) is 1.66. The van der Waals surface area contributed by atoms with E-state index in [9.17, 15) is 0 Å². The van der Waals surface area contributed by atoms with E-state index in [0.29, 0.717) is 0 Å². The monoisotopic (exact) mass is 292 g/mol. The summed E-state index contributed by atoms with van der Waals surface area (Å²) in [5, 5.41) is 5.58. The van der Waals surface area contributed by atoms with Crippen molar-refractivity contribution < 1.29 is 9.47 Å². The Bertz CT molecular complexity index is 529. The summed E-state index contributed by atoms with van der Waals surface area (Å²) in [4.78, 5) is 4.44. The second kappa shape index (κ2) is 7.26. The molecule has 1 atom stereocenters. The van der Waals surface area contributed by atoms with Gasteiger partial charge in [-0.1, -0.05) is 6.92 Å². The van der Waals surface area contributed by atoms with Crippen molar-refractivity contribution in [2.75, 3.05) is 20.8 Å². The van der Waals surface area contributed by atoms with Crippen LogP contribution in [0.3, 0.4) is 0 Å². The zero-order chi connectivity index (χ0) is 14.4. The van der Waals surface area contributed by atoms with Gasteiger partial charge in [-0.3, -0.25) is 0 Å². The van der Waals surface area contributed by atoms with Gasteiger partial charge in [0.15, 0.2) is 0 Å². The number of benzene rings is 1. The fourth-order valence-electron chi connectivity index (χ4n) is 2.09. The van der Waals surface area contributed by atoms with Crippen LogP contribution < -0.4 is 14.8 Å². The zero-order valence-corrected chi connectivity index (χ0v) is 12.9. The maximum Gasteiger partial charge on any atom is 0.124 e. The molecule has 1 aromatic carbocycles. The highest BCUT2D eigenvalue weighted by atomic mass is 32.1. The lowest BCUT2D eigenvalue weighted by Gasteiger charge is -2.20. The molecule has 5 heteroatoms. The molecule has 20 heavy (non-hydrogen) atoms. The summed E-state index contributed by atoms with van der Waals surface area (Å²) >= 11 is 1.60. The molecule has 1 unspecified atom stereocenters. The van der Waals surface area contributed by atoms with E-state index in [1.54, 1.807) is 25.6 Å². The Labute approximate surface area is 123 Å². The maximum atomic E-state index is 5.48. The van der Waals surface area contributed by atoms with Crippen LogP contribution in [0.2, 0.25) is 0 Å². The summed E-state index contributed by atoms with van der Waals surface area (Å²) in [6.07, 6.45) is 1.06. The average Bonchev–Trinajstić information content (AvgIpc) is 3.01. The smallest absolute Gasteiger partial charge is 0.124 e. The minimum Gasteiger partial charge on any atom is -0.497 e. The Morgan fingerprint density at radius 2 is 2.15 bits per heavy atom. The minimum atomic E-state index is 0.0197. The van der Waals surface area contributed by atoms with Gasteiger partial charge < -0.3 is 14.8 Å². The van der Waals surface area contributed by atoms with Gasteiger partial charge in [-0.2, -0.15) is 0 Å². The van der Waals surface area contributed by atoms with Gasteiger partial charge in [-0.25, -0.2) is 4.98 Å². The quantitative estimate of drug-likeness (QED) is 0.850. The van der Waals surface area contributed by atoms with Crippen molar-refractivity contribution in [3.05, 3.63) is 40.3 Å². The van der Waals surface area contributed by atoms with Crippen LogP contribution in [0, 0.1) is 0 Å². The van der Waals surface area contributed by atoms with Gasteiger partial charge in [0.2, 0.25) is 0 Å². The van der Waals surface area contributed by atoms with E-state index in [0.717, 1.165) is 35.7 Å². The van der Waals surface area contributed by atoms with Crippen molar-refractivity contribution in [1.29, 1.82) is 0 Å². The number of nitrogens with zero attached hydrogens (tertiary/aromatic N) is 1. The molecule has 0 aliphatic carbocycles. The average molecular weight is 292 g/mol. The first-order valence-corrected chi connectivity index (χ1v) is 7.57. The zero-order valence-electron chi connectivity index (χ0n) is 12.1. The van der Waals surface area contributed by atoms with E-state index >= 15 is 0 Å². The third kappa shape index (κ3) is 3.29. The first kappa shape index (κ1) is 14.8. The molecule has 0 fully saturated rings. The van der Waals surface area contributed by atoms with Crippen molar-refractivity contribution >= 4 is 11.3 Å². The summed E-state index contributed by atoms with van der Waals surface area (Å²) in [6, 6.07) is 5.86. The van der Waals surface area contributed by atoms with Gasteiger partial charge in [0.25, 0.3) is 0 Å². The minimum absolute atomic E-state index is 0.0197. The largest absolute Gasteiger partial charge is 0.497 e. The number of nitrogens with one attached hydrogen (secondary N) is 1. The molecule has 0 amide bonds. The molecule has 108 valence electrons. The third-order valence-corrected chi connectivity index (χ3v) is 3.70. The van der Waals surface area contributed by atoms with Crippen LogP contribution in [0.15, 0.2) is 29.1 Å². The van der Waals surface area contributed by atoms with E-state index in [1.807, 2.05) is 23.7 Å². The Kier molecular flexibility index (Phi) is 5.38. The van der Waals surface area contributed by atoms with Crippen LogP contribution in [0.4, 0.5) is 0 Å². The normalized spacial score (nSPS) is 12.2. The van der Waals surface area contributed by atoms with Crippen molar-refractivity contribution in [3.8, 4) is 11.5 Å². The Morgan fingerprint density at radius 1 is 1.30 bits per heavy atom. The lowest BCUT2D eigenvalue weighted by Crippen LogP contribution is -2.24. The molecule has 0 saturated carbocycles. The SMILES string of the molecule is CCCNC(c1cscn1)c1cc(OC)ccc1OC. The standard InChI is InChI=1S/C15H20N2O2S/c1-4-7-16-15(13-9-20-10-17-13)12-8-11(18-2)5-6-14(12)19-3/h5-6,8-10,15-16H,4,7H2,1-3H3. The number of hydrogen-bond donors (Lipinski definition) is 1. The van der Waals surface area contributed by atoms with E-state index < -0.39 is 0 Å². The van der Waals surface area contributed by atoms with Crippen LogP contribution in [0.5, 0.6) is 11.5 Å². The molecule has 2 aromatic rings. The van der Waals surface area contributed by atoms with Gasteiger partial charge in [-0.15, -0.1) is 11.3 Å². The Balaban J connectivity index is 2.41. The molecule has 0 spiro atoms. The van der Waals surface area contributed by atoms with E-state index in [-0.39, 0.29) is 6.04 Å². The van der Waals surface area contributed by atoms with Crippen LogP contribution in [0.1, 0.15) is 30.6 Å². The summed E-state index contributed by atoms with van der Waals surface area (Å²) in [6.45, 7) is 3.07. The van der Waals surface area contributed by atoms with E-state index in [1.165, 1.54) is 0 Å². The van der Waals surface area contributed by atoms with E-state index in [2.05, 4.69) is 22.6 Å². The summed E-state index contributed by atoms with van der Waals surface area (Å²) < 4.78 is 10.8. The topological polar surface area (TPSA) is 43.4 Å². The molecule has 0 aliphatic heterocycles. The van der Waals surface area contributed by atoms with Gasteiger partial charge >= 0.3 is 0 Å².